The fourth-order valence-electron chi connectivity index (χ4n) is 0.629. The first-order valence-electron chi connectivity index (χ1n) is 2.80. The summed E-state index contributed by atoms with van der Waals surface area (Å²) in [4.78, 5) is -0.0444. The minimum atomic E-state index is -3.66. The van der Waals surface area contributed by atoms with Crippen molar-refractivity contribution in [2.75, 3.05) is 0 Å². The first-order valence-corrected chi connectivity index (χ1v) is 4.34. The molecule has 0 amide bonds. The van der Waals surface area contributed by atoms with Crippen molar-refractivity contribution in [3.63, 3.8) is 0 Å². The van der Waals surface area contributed by atoms with E-state index in [9.17, 15) is 13.5 Å². The summed E-state index contributed by atoms with van der Waals surface area (Å²) in [5.41, 5.74) is 0. The van der Waals surface area contributed by atoms with E-state index >= 15 is 0 Å². The molecule has 1 aromatic rings. The summed E-state index contributed by atoms with van der Waals surface area (Å²) in [5.74, 6) is -0.239. The standard InChI is InChI=1S/C6H7NO3S.Na/c7-11(9,10)6-3-1-5(8)2-4-6;/h1-4,8H,(H2,7,9,10);/q;+1/p-1. The van der Waals surface area contributed by atoms with Gasteiger partial charge < -0.3 is 5.11 Å². The van der Waals surface area contributed by atoms with Gasteiger partial charge in [-0.1, -0.05) is 12.1 Å². The number of nitrogens with two attached hydrogens (primary N) is 1. The molecule has 60 valence electrons. The molecule has 0 aliphatic rings. The molecule has 1 rings (SSSR count). The van der Waals surface area contributed by atoms with Crippen LogP contribution in [-0.4, -0.2) is 8.42 Å². The van der Waals surface area contributed by atoms with Gasteiger partial charge in [0, 0.05) is 0 Å². The second kappa shape index (κ2) is 4.25. The Hall–Kier alpha value is -0.0700. The monoisotopic (exact) mass is 195 g/mol. The number of primary sulfonamides is 1. The van der Waals surface area contributed by atoms with Gasteiger partial charge in [-0.15, -0.1) is 5.75 Å². The molecule has 0 saturated heterocycles. The van der Waals surface area contributed by atoms with Gasteiger partial charge in [0.25, 0.3) is 0 Å². The molecule has 0 bridgehead atoms. The van der Waals surface area contributed by atoms with Crippen molar-refractivity contribution in [2.24, 2.45) is 5.14 Å². The molecule has 0 heterocycles. The minimum Gasteiger partial charge on any atom is -0.872 e. The van der Waals surface area contributed by atoms with Gasteiger partial charge in [-0.3, -0.25) is 0 Å². The van der Waals surface area contributed by atoms with Gasteiger partial charge in [-0.2, -0.15) is 0 Å². The normalized spacial score (nSPS) is 10.4. The van der Waals surface area contributed by atoms with Crippen molar-refractivity contribution in [3.8, 4) is 5.75 Å². The summed E-state index contributed by atoms with van der Waals surface area (Å²) < 4.78 is 21.2. The second-order valence-corrected chi connectivity index (χ2v) is 3.58. The number of hydrogen-bond acceptors (Lipinski definition) is 3. The third kappa shape index (κ3) is 3.12. The van der Waals surface area contributed by atoms with Crippen LogP contribution in [0.1, 0.15) is 0 Å². The van der Waals surface area contributed by atoms with Crippen LogP contribution in [0.3, 0.4) is 0 Å². The molecule has 0 unspecified atom stereocenters. The molecule has 0 aliphatic carbocycles. The van der Waals surface area contributed by atoms with Crippen LogP contribution in [-0.2, 0) is 10.0 Å². The van der Waals surface area contributed by atoms with E-state index in [1.165, 1.54) is 12.1 Å². The van der Waals surface area contributed by atoms with E-state index in [0.29, 0.717) is 0 Å². The first kappa shape index (κ1) is 11.9. The van der Waals surface area contributed by atoms with Crippen LogP contribution in [0.15, 0.2) is 29.2 Å². The third-order valence-corrected chi connectivity index (χ3v) is 2.08. The van der Waals surface area contributed by atoms with Gasteiger partial charge in [-0.05, 0) is 12.1 Å². The summed E-state index contributed by atoms with van der Waals surface area (Å²) in [6.07, 6.45) is 0. The molecule has 0 atom stereocenters. The fraction of sp³-hybridized carbons (Fsp3) is 0. The van der Waals surface area contributed by atoms with Crippen LogP contribution in [0.5, 0.6) is 5.75 Å². The van der Waals surface area contributed by atoms with Crippen molar-refractivity contribution < 1.29 is 43.1 Å². The topological polar surface area (TPSA) is 83.2 Å². The van der Waals surface area contributed by atoms with Crippen molar-refractivity contribution in [1.82, 2.24) is 0 Å². The smallest absolute Gasteiger partial charge is 0.872 e. The molecule has 12 heavy (non-hydrogen) atoms. The second-order valence-electron chi connectivity index (χ2n) is 2.02. The maximum Gasteiger partial charge on any atom is 1.00 e. The average Bonchev–Trinajstić information content (AvgIpc) is 1.86. The summed E-state index contributed by atoms with van der Waals surface area (Å²) in [5, 5.41) is 15.3. The Kier molecular flexibility index (Phi) is 4.22. The van der Waals surface area contributed by atoms with Gasteiger partial charge in [0.05, 0.1) is 4.90 Å². The van der Waals surface area contributed by atoms with Crippen LogP contribution in [0, 0.1) is 0 Å². The average molecular weight is 195 g/mol. The Labute approximate surface area is 92.7 Å². The van der Waals surface area contributed by atoms with Crippen molar-refractivity contribution in [3.05, 3.63) is 24.3 Å². The van der Waals surface area contributed by atoms with Crippen LogP contribution in [0.25, 0.3) is 0 Å². The van der Waals surface area contributed by atoms with Crippen molar-refractivity contribution >= 4 is 10.0 Å². The van der Waals surface area contributed by atoms with Gasteiger partial charge in [0.15, 0.2) is 0 Å². The quantitative estimate of drug-likeness (QED) is 0.470. The Morgan fingerprint density at radius 1 is 1.17 bits per heavy atom. The zero-order chi connectivity index (χ0) is 8.48. The Morgan fingerprint density at radius 3 is 1.92 bits per heavy atom. The van der Waals surface area contributed by atoms with Gasteiger partial charge >= 0.3 is 29.6 Å². The number of benzene rings is 1. The maximum absolute atomic E-state index is 10.6. The van der Waals surface area contributed by atoms with Gasteiger partial charge in [0.2, 0.25) is 10.0 Å². The van der Waals surface area contributed by atoms with E-state index in [1.807, 2.05) is 0 Å². The molecule has 2 N–H and O–H groups in total. The third-order valence-electron chi connectivity index (χ3n) is 1.15. The largest absolute Gasteiger partial charge is 1.00 e. The first-order chi connectivity index (χ1) is 5.00. The molecule has 6 heteroatoms. The van der Waals surface area contributed by atoms with Crippen LogP contribution in [0.4, 0.5) is 0 Å². The van der Waals surface area contributed by atoms with Crippen LogP contribution in [0.2, 0.25) is 0 Å². The summed E-state index contributed by atoms with van der Waals surface area (Å²) in [7, 11) is -3.66. The van der Waals surface area contributed by atoms with E-state index in [4.69, 9.17) is 5.14 Å². The van der Waals surface area contributed by atoms with Crippen LogP contribution < -0.4 is 39.8 Å². The Balaban J connectivity index is 0.00000121. The fourth-order valence-corrected chi connectivity index (χ4v) is 1.14. The predicted molar refractivity (Wildman–Crippen MR) is 37.3 cm³/mol. The number of hydrogen-bond donors (Lipinski definition) is 1. The van der Waals surface area contributed by atoms with Gasteiger partial charge in [0.1, 0.15) is 0 Å². The maximum atomic E-state index is 10.6. The molecule has 0 aliphatic heterocycles. The molecule has 4 nitrogen and oxygen atoms in total. The molecule has 0 saturated carbocycles. The Morgan fingerprint density at radius 2 is 1.58 bits per heavy atom. The van der Waals surface area contributed by atoms with E-state index in [-0.39, 0.29) is 40.2 Å². The van der Waals surface area contributed by atoms with Crippen LogP contribution >= 0.6 is 0 Å². The molecule has 0 radical (unpaired) electrons. The zero-order valence-corrected chi connectivity index (χ0v) is 9.34. The zero-order valence-electron chi connectivity index (χ0n) is 6.52. The minimum absolute atomic E-state index is 0. The summed E-state index contributed by atoms with van der Waals surface area (Å²) in [6.45, 7) is 0. The molecular weight excluding hydrogens is 189 g/mol. The molecule has 1 aromatic carbocycles. The van der Waals surface area contributed by atoms with E-state index in [0.717, 1.165) is 12.1 Å². The number of rotatable bonds is 1. The molecule has 0 spiro atoms. The molecule has 0 aromatic heterocycles. The van der Waals surface area contributed by atoms with E-state index in [2.05, 4.69) is 0 Å². The molecule has 0 fully saturated rings. The SMILES string of the molecule is NS(=O)(=O)c1ccc([O-])cc1.[Na+]. The van der Waals surface area contributed by atoms with Crippen molar-refractivity contribution in [1.29, 1.82) is 0 Å². The Bertz CT molecular complexity index is 346. The van der Waals surface area contributed by atoms with Gasteiger partial charge in [-0.25, -0.2) is 13.6 Å². The summed E-state index contributed by atoms with van der Waals surface area (Å²) >= 11 is 0. The predicted octanol–water partition coefficient (Wildman–Crippen LogP) is -3.59. The van der Waals surface area contributed by atoms with Crippen molar-refractivity contribution in [2.45, 2.75) is 4.90 Å². The number of sulfonamides is 1. The van der Waals surface area contributed by atoms with E-state index < -0.39 is 10.0 Å². The molecular formula is C6H6NNaO3S. The summed E-state index contributed by atoms with van der Waals surface area (Å²) in [6, 6.07) is 4.66. The van der Waals surface area contributed by atoms with E-state index in [1.54, 1.807) is 0 Å².